The standard InChI is InChI=1S/C9H17NO2/c1-8(2)6(9(8,3)4)5(10)7(11)12/h5-6H,10H2,1-4H3,(H,11,12). The van der Waals surface area contributed by atoms with Crippen LogP contribution in [0.1, 0.15) is 27.7 Å². The second kappa shape index (κ2) is 2.22. The molecule has 70 valence electrons. The van der Waals surface area contributed by atoms with Crippen molar-refractivity contribution in [3.8, 4) is 0 Å². The Bertz CT molecular complexity index is 207. The molecule has 0 amide bonds. The molecule has 1 saturated carbocycles. The van der Waals surface area contributed by atoms with Gasteiger partial charge in [-0.2, -0.15) is 0 Å². The molecule has 0 heterocycles. The summed E-state index contributed by atoms with van der Waals surface area (Å²) in [5.74, 6) is -0.791. The Labute approximate surface area is 72.9 Å². The number of hydrogen-bond acceptors (Lipinski definition) is 2. The topological polar surface area (TPSA) is 63.3 Å². The smallest absolute Gasteiger partial charge is 0.320 e. The Kier molecular flexibility index (Phi) is 1.76. The van der Waals surface area contributed by atoms with E-state index in [2.05, 4.69) is 27.7 Å². The van der Waals surface area contributed by atoms with Crippen LogP contribution in [-0.4, -0.2) is 17.1 Å². The second-order valence-corrected chi connectivity index (χ2v) is 4.79. The van der Waals surface area contributed by atoms with Crippen LogP contribution < -0.4 is 5.73 Å². The van der Waals surface area contributed by atoms with E-state index in [1.54, 1.807) is 0 Å². The minimum atomic E-state index is -0.890. The Morgan fingerprint density at radius 2 is 1.67 bits per heavy atom. The normalized spacial score (nSPS) is 28.1. The van der Waals surface area contributed by atoms with Gasteiger partial charge in [-0.15, -0.1) is 0 Å². The first-order chi connectivity index (χ1) is 5.23. The Balaban J connectivity index is 2.77. The summed E-state index contributed by atoms with van der Waals surface area (Å²) in [6, 6.07) is -0.713. The number of nitrogens with two attached hydrogens (primary N) is 1. The number of carboxylic acids is 1. The van der Waals surface area contributed by atoms with Crippen molar-refractivity contribution in [3.63, 3.8) is 0 Å². The van der Waals surface area contributed by atoms with Gasteiger partial charge in [-0.3, -0.25) is 4.79 Å². The lowest BCUT2D eigenvalue weighted by atomic mass is 10.0. The first kappa shape index (κ1) is 9.52. The first-order valence-corrected chi connectivity index (χ1v) is 4.21. The number of hydrogen-bond donors (Lipinski definition) is 2. The second-order valence-electron chi connectivity index (χ2n) is 4.79. The van der Waals surface area contributed by atoms with E-state index in [4.69, 9.17) is 10.8 Å². The highest BCUT2D eigenvalue weighted by Gasteiger charge is 2.67. The lowest BCUT2D eigenvalue weighted by Gasteiger charge is -2.06. The van der Waals surface area contributed by atoms with E-state index in [-0.39, 0.29) is 16.7 Å². The van der Waals surface area contributed by atoms with Crippen LogP contribution in [0.25, 0.3) is 0 Å². The quantitative estimate of drug-likeness (QED) is 0.653. The van der Waals surface area contributed by atoms with Crippen LogP contribution in [0.5, 0.6) is 0 Å². The van der Waals surface area contributed by atoms with Crippen molar-refractivity contribution in [1.82, 2.24) is 0 Å². The number of rotatable bonds is 2. The Hall–Kier alpha value is -0.570. The van der Waals surface area contributed by atoms with Crippen LogP contribution in [0.15, 0.2) is 0 Å². The van der Waals surface area contributed by atoms with Crippen molar-refractivity contribution >= 4 is 5.97 Å². The van der Waals surface area contributed by atoms with Gasteiger partial charge in [-0.1, -0.05) is 27.7 Å². The minimum Gasteiger partial charge on any atom is -0.480 e. The largest absolute Gasteiger partial charge is 0.480 e. The molecular formula is C9H17NO2. The van der Waals surface area contributed by atoms with Gasteiger partial charge < -0.3 is 10.8 Å². The van der Waals surface area contributed by atoms with E-state index in [1.165, 1.54) is 0 Å². The summed E-state index contributed by atoms with van der Waals surface area (Å²) in [5, 5.41) is 8.73. The molecule has 0 aromatic rings. The van der Waals surface area contributed by atoms with Crippen molar-refractivity contribution in [1.29, 1.82) is 0 Å². The zero-order chi connectivity index (χ0) is 9.73. The van der Waals surface area contributed by atoms with Crippen molar-refractivity contribution < 1.29 is 9.90 Å². The van der Waals surface area contributed by atoms with Gasteiger partial charge in [-0.25, -0.2) is 0 Å². The molecule has 0 aromatic heterocycles. The third kappa shape index (κ3) is 0.959. The minimum absolute atomic E-state index is 0.0603. The number of carbonyl (C=O) groups is 1. The van der Waals surface area contributed by atoms with Gasteiger partial charge >= 0.3 is 5.97 Å². The maximum absolute atomic E-state index is 10.6. The van der Waals surface area contributed by atoms with Crippen molar-refractivity contribution in [2.75, 3.05) is 0 Å². The van der Waals surface area contributed by atoms with Gasteiger partial charge in [-0.05, 0) is 16.7 Å². The lowest BCUT2D eigenvalue weighted by molar-refractivity contribution is -0.139. The number of aliphatic carboxylic acids is 1. The predicted octanol–water partition coefficient (Wildman–Crippen LogP) is 1.08. The average molecular weight is 171 g/mol. The molecule has 0 spiro atoms. The molecule has 1 aliphatic rings. The average Bonchev–Trinajstić information content (AvgIpc) is 2.23. The molecule has 0 saturated heterocycles. The summed E-state index contributed by atoms with van der Waals surface area (Å²) in [5.41, 5.74) is 5.69. The molecule has 1 atom stereocenters. The molecule has 0 aliphatic heterocycles. The van der Waals surface area contributed by atoms with Crippen LogP contribution in [-0.2, 0) is 4.79 Å². The SMILES string of the molecule is CC1(C)C(C(N)C(=O)O)C1(C)C. The van der Waals surface area contributed by atoms with E-state index in [0.717, 1.165) is 0 Å². The van der Waals surface area contributed by atoms with Crippen LogP contribution in [0.4, 0.5) is 0 Å². The lowest BCUT2D eigenvalue weighted by Crippen LogP contribution is -2.34. The van der Waals surface area contributed by atoms with E-state index in [0.29, 0.717) is 0 Å². The number of carboxylic acid groups (broad SMARTS) is 1. The van der Waals surface area contributed by atoms with Crippen LogP contribution in [0.2, 0.25) is 0 Å². The summed E-state index contributed by atoms with van der Waals surface area (Å²) < 4.78 is 0. The maximum atomic E-state index is 10.6. The van der Waals surface area contributed by atoms with Gasteiger partial charge in [0.2, 0.25) is 0 Å². The molecule has 3 nitrogen and oxygen atoms in total. The Morgan fingerprint density at radius 3 is 1.75 bits per heavy atom. The van der Waals surface area contributed by atoms with E-state index < -0.39 is 12.0 Å². The monoisotopic (exact) mass is 171 g/mol. The third-order valence-electron chi connectivity index (χ3n) is 3.78. The maximum Gasteiger partial charge on any atom is 0.320 e. The van der Waals surface area contributed by atoms with Crippen molar-refractivity contribution in [3.05, 3.63) is 0 Å². The summed E-state index contributed by atoms with van der Waals surface area (Å²) in [6.45, 7) is 8.28. The summed E-state index contributed by atoms with van der Waals surface area (Å²) in [7, 11) is 0. The summed E-state index contributed by atoms with van der Waals surface area (Å²) in [6.07, 6.45) is 0. The summed E-state index contributed by atoms with van der Waals surface area (Å²) >= 11 is 0. The van der Waals surface area contributed by atoms with Crippen LogP contribution in [0.3, 0.4) is 0 Å². The van der Waals surface area contributed by atoms with Gasteiger partial charge in [0.25, 0.3) is 0 Å². The van der Waals surface area contributed by atoms with Crippen molar-refractivity contribution in [2.45, 2.75) is 33.7 Å². The molecule has 1 rings (SSSR count). The summed E-state index contributed by atoms with van der Waals surface area (Å²) in [4.78, 5) is 10.6. The molecule has 3 N–H and O–H groups in total. The fraction of sp³-hybridized carbons (Fsp3) is 0.889. The third-order valence-corrected chi connectivity index (χ3v) is 3.78. The Morgan fingerprint density at radius 1 is 1.33 bits per heavy atom. The highest BCUT2D eigenvalue weighted by Crippen LogP contribution is 2.69. The van der Waals surface area contributed by atoms with Crippen LogP contribution in [0, 0.1) is 16.7 Å². The highest BCUT2D eigenvalue weighted by molar-refractivity contribution is 5.74. The molecule has 0 aromatic carbocycles. The zero-order valence-corrected chi connectivity index (χ0v) is 8.09. The molecule has 3 heteroatoms. The van der Waals surface area contributed by atoms with Crippen molar-refractivity contribution in [2.24, 2.45) is 22.5 Å². The van der Waals surface area contributed by atoms with Gasteiger partial charge in [0, 0.05) is 0 Å². The molecule has 1 aliphatic carbocycles. The van der Waals surface area contributed by atoms with Gasteiger partial charge in [0.15, 0.2) is 0 Å². The van der Waals surface area contributed by atoms with Gasteiger partial charge in [0.05, 0.1) is 0 Å². The van der Waals surface area contributed by atoms with Crippen LogP contribution >= 0.6 is 0 Å². The predicted molar refractivity (Wildman–Crippen MR) is 46.7 cm³/mol. The molecule has 1 fully saturated rings. The highest BCUT2D eigenvalue weighted by atomic mass is 16.4. The molecule has 0 radical (unpaired) electrons. The van der Waals surface area contributed by atoms with Gasteiger partial charge in [0.1, 0.15) is 6.04 Å². The molecular weight excluding hydrogens is 154 g/mol. The van der Waals surface area contributed by atoms with E-state index in [9.17, 15) is 4.79 Å². The molecule has 1 unspecified atom stereocenters. The zero-order valence-electron chi connectivity index (χ0n) is 8.09. The first-order valence-electron chi connectivity index (χ1n) is 4.21. The molecule has 0 bridgehead atoms. The molecule has 12 heavy (non-hydrogen) atoms. The van der Waals surface area contributed by atoms with E-state index >= 15 is 0 Å². The van der Waals surface area contributed by atoms with E-state index in [1.807, 2.05) is 0 Å². The fourth-order valence-electron chi connectivity index (χ4n) is 2.29. The fourth-order valence-corrected chi connectivity index (χ4v) is 2.29.